The molecule has 0 aliphatic carbocycles. The van der Waals surface area contributed by atoms with Gasteiger partial charge in [-0.15, -0.1) is 0 Å². The summed E-state index contributed by atoms with van der Waals surface area (Å²) in [7, 11) is 3.08. The van der Waals surface area contributed by atoms with E-state index in [1.165, 1.54) is 26.6 Å². The van der Waals surface area contributed by atoms with Crippen LogP contribution < -0.4 is 20.7 Å². The molecular weight excluding hydrogens is 382 g/mol. The molecule has 3 aromatic rings. The first-order chi connectivity index (χ1) is 14.6. The molecule has 0 aliphatic heterocycles. The number of hydrogen-bond acceptors (Lipinski definition) is 8. The molecule has 0 aliphatic rings. The first kappa shape index (κ1) is 22.1. The van der Waals surface area contributed by atoms with E-state index < -0.39 is 0 Å². The van der Waals surface area contributed by atoms with Crippen molar-refractivity contribution in [1.29, 1.82) is 5.26 Å². The topological polar surface area (TPSA) is 125 Å². The number of carbonyl (C=O) groups excluding carboxylic acids is 1. The fourth-order valence-corrected chi connectivity index (χ4v) is 2.42. The number of ether oxygens (including phenoxy) is 1. The Morgan fingerprint density at radius 2 is 1.83 bits per heavy atom. The highest BCUT2D eigenvalue weighted by atomic mass is 16.5. The van der Waals surface area contributed by atoms with E-state index in [-0.39, 0.29) is 5.91 Å². The van der Waals surface area contributed by atoms with Crippen molar-refractivity contribution in [3.8, 4) is 11.8 Å². The summed E-state index contributed by atoms with van der Waals surface area (Å²) in [4.78, 5) is 24.9. The number of nitrogens with zero attached hydrogens (tertiary/aromatic N) is 4. The predicted octanol–water partition coefficient (Wildman–Crippen LogP) is 3.62. The van der Waals surface area contributed by atoms with Crippen LogP contribution in [0.1, 0.15) is 29.8 Å². The second kappa shape index (κ2) is 11.0. The van der Waals surface area contributed by atoms with Crippen LogP contribution in [-0.4, -0.2) is 35.0 Å². The fraction of sp³-hybridized carbons (Fsp3) is 0.190. The molecule has 1 amide bonds. The number of carbonyl (C=O) groups is 1. The maximum atomic E-state index is 12.2. The molecule has 0 bridgehead atoms. The molecule has 3 aromatic heterocycles. The van der Waals surface area contributed by atoms with E-state index in [0.717, 1.165) is 0 Å². The Balaban J connectivity index is 0.00000155. The van der Waals surface area contributed by atoms with Crippen LogP contribution in [0.15, 0.2) is 48.9 Å². The van der Waals surface area contributed by atoms with Crippen LogP contribution in [0.25, 0.3) is 0 Å². The Morgan fingerprint density at radius 3 is 2.53 bits per heavy atom. The van der Waals surface area contributed by atoms with Gasteiger partial charge in [0, 0.05) is 31.7 Å². The summed E-state index contributed by atoms with van der Waals surface area (Å²) in [6, 6.07) is 10.4. The van der Waals surface area contributed by atoms with Crippen molar-refractivity contribution in [2.75, 3.05) is 24.8 Å². The summed E-state index contributed by atoms with van der Waals surface area (Å²) >= 11 is 0. The van der Waals surface area contributed by atoms with Gasteiger partial charge >= 0.3 is 0 Å². The summed E-state index contributed by atoms with van der Waals surface area (Å²) in [6.45, 7) is 4.00. The molecule has 3 heterocycles. The molecular formula is C21H23N7O2. The first-order valence-corrected chi connectivity index (χ1v) is 9.26. The smallest absolute Gasteiger partial charge is 0.254 e. The van der Waals surface area contributed by atoms with Gasteiger partial charge in [0.25, 0.3) is 5.91 Å². The Labute approximate surface area is 175 Å². The maximum absolute atomic E-state index is 12.2. The molecule has 9 heteroatoms. The highest BCUT2D eigenvalue weighted by molar-refractivity contribution is 6.00. The molecule has 0 fully saturated rings. The van der Waals surface area contributed by atoms with Gasteiger partial charge in [-0.05, 0) is 24.3 Å². The lowest BCUT2D eigenvalue weighted by Gasteiger charge is -2.14. The van der Waals surface area contributed by atoms with E-state index in [2.05, 4.69) is 37.0 Å². The fourth-order valence-electron chi connectivity index (χ4n) is 2.42. The summed E-state index contributed by atoms with van der Waals surface area (Å²) in [6.07, 6.45) is 4.58. The van der Waals surface area contributed by atoms with Gasteiger partial charge in [-0.1, -0.05) is 13.8 Å². The minimum absolute atomic E-state index is 0.305. The SMILES string of the molecule is CC.CNC(=O)c1cnc(Nc2cc(C#N)ccn2)cc1Nc1ncccc1OC. The molecule has 0 saturated heterocycles. The van der Waals surface area contributed by atoms with E-state index >= 15 is 0 Å². The Morgan fingerprint density at radius 1 is 1.07 bits per heavy atom. The number of anilines is 4. The number of methoxy groups -OCH3 is 1. The molecule has 30 heavy (non-hydrogen) atoms. The number of hydrogen-bond donors (Lipinski definition) is 3. The summed E-state index contributed by atoms with van der Waals surface area (Å²) < 4.78 is 5.30. The normalized spacial score (nSPS) is 9.43. The highest BCUT2D eigenvalue weighted by Crippen LogP contribution is 2.28. The van der Waals surface area contributed by atoms with E-state index in [0.29, 0.717) is 40.0 Å². The third kappa shape index (κ3) is 5.42. The number of nitriles is 1. The van der Waals surface area contributed by atoms with Crippen LogP contribution >= 0.6 is 0 Å². The summed E-state index contributed by atoms with van der Waals surface area (Å²) in [5.41, 5.74) is 1.28. The number of pyridine rings is 3. The van der Waals surface area contributed by atoms with Crippen molar-refractivity contribution < 1.29 is 9.53 Å². The standard InChI is InChI=1S/C19H17N7O2.C2H6/c1-21-19(27)13-11-24-17(26-16-8-12(10-20)5-7-22-16)9-14(13)25-18-15(28-2)4-3-6-23-18;1-2/h3-9,11H,1-2H3,(H,21,27)(H2,22,23,24,25,26);1-2H3. The zero-order valence-corrected chi connectivity index (χ0v) is 17.2. The molecule has 3 rings (SSSR count). The molecule has 0 saturated carbocycles. The Bertz CT molecular complexity index is 1050. The third-order valence-electron chi connectivity index (χ3n) is 3.76. The van der Waals surface area contributed by atoms with Gasteiger partial charge in [0.2, 0.25) is 0 Å². The van der Waals surface area contributed by atoms with Gasteiger partial charge < -0.3 is 20.7 Å². The molecule has 154 valence electrons. The zero-order valence-electron chi connectivity index (χ0n) is 17.2. The zero-order chi connectivity index (χ0) is 21.9. The minimum atomic E-state index is -0.305. The van der Waals surface area contributed by atoms with Crippen molar-refractivity contribution in [3.63, 3.8) is 0 Å². The number of amides is 1. The van der Waals surface area contributed by atoms with Crippen molar-refractivity contribution >= 4 is 29.0 Å². The molecule has 0 spiro atoms. The van der Waals surface area contributed by atoms with Crippen LogP contribution in [0.5, 0.6) is 5.75 Å². The first-order valence-electron chi connectivity index (χ1n) is 9.26. The average Bonchev–Trinajstić information content (AvgIpc) is 2.80. The van der Waals surface area contributed by atoms with Crippen LogP contribution in [-0.2, 0) is 0 Å². The van der Waals surface area contributed by atoms with E-state index in [1.807, 2.05) is 13.8 Å². The summed E-state index contributed by atoms with van der Waals surface area (Å²) in [5.74, 6) is 1.58. The van der Waals surface area contributed by atoms with Gasteiger partial charge in [0.15, 0.2) is 11.6 Å². The third-order valence-corrected chi connectivity index (χ3v) is 3.76. The monoisotopic (exact) mass is 405 g/mol. The van der Waals surface area contributed by atoms with Crippen LogP contribution in [0.4, 0.5) is 23.1 Å². The van der Waals surface area contributed by atoms with E-state index in [1.54, 1.807) is 36.5 Å². The largest absolute Gasteiger partial charge is 0.493 e. The second-order valence-corrected chi connectivity index (χ2v) is 5.54. The lowest BCUT2D eigenvalue weighted by Crippen LogP contribution is -2.19. The van der Waals surface area contributed by atoms with Gasteiger partial charge in [-0.3, -0.25) is 4.79 Å². The minimum Gasteiger partial charge on any atom is -0.493 e. The molecule has 0 aromatic carbocycles. The van der Waals surface area contributed by atoms with E-state index in [4.69, 9.17) is 10.00 Å². The van der Waals surface area contributed by atoms with Crippen LogP contribution in [0, 0.1) is 11.3 Å². The molecule has 0 unspecified atom stereocenters. The van der Waals surface area contributed by atoms with Gasteiger partial charge in [0.05, 0.1) is 30.0 Å². The maximum Gasteiger partial charge on any atom is 0.254 e. The summed E-state index contributed by atoms with van der Waals surface area (Å²) in [5, 5.41) is 17.7. The number of aromatic nitrogens is 3. The number of rotatable bonds is 6. The van der Waals surface area contributed by atoms with E-state index in [9.17, 15) is 4.79 Å². The molecule has 0 radical (unpaired) electrons. The van der Waals surface area contributed by atoms with Gasteiger partial charge in [-0.25, -0.2) is 15.0 Å². The quantitative estimate of drug-likeness (QED) is 0.568. The van der Waals surface area contributed by atoms with Crippen molar-refractivity contribution in [2.24, 2.45) is 0 Å². The molecule has 9 nitrogen and oxygen atoms in total. The lowest BCUT2D eigenvalue weighted by atomic mass is 10.2. The molecule has 3 N–H and O–H groups in total. The average molecular weight is 405 g/mol. The van der Waals surface area contributed by atoms with Crippen LogP contribution in [0.2, 0.25) is 0 Å². The van der Waals surface area contributed by atoms with Gasteiger partial charge in [-0.2, -0.15) is 5.26 Å². The number of nitrogens with one attached hydrogen (secondary N) is 3. The Kier molecular flexibility index (Phi) is 8.08. The second-order valence-electron chi connectivity index (χ2n) is 5.54. The van der Waals surface area contributed by atoms with Gasteiger partial charge in [0.1, 0.15) is 11.6 Å². The molecule has 0 atom stereocenters. The Hall–Kier alpha value is -4.19. The van der Waals surface area contributed by atoms with Crippen molar-refractivity contribution in [3.05, 3.63) is 60.0 Å². The lowest BCUT2D eigenvalue weighted by molar-refractivity contribution is 0.0963. The highest BCUT2D eigenvalue weighted by Gasteiger charge is 2.15. The van der Waals surface area contributed by atoms with Crippen molar-refractivity contribution in [1.82, 2.24) is 20.3 Å². The van der Waals surface area contributed by atoms with Crippen molar-refractivity contribution in [2.45, 2.75) is 13.8 Å². The predicted molar refractivity (Wildman–Crippen MR) is 115 cm³/mol. The van der Waals surface area contributed by atoms with Crippen LogP contribution in [0.3, 0.4) is 0 Å².